The first-order valence-electron chi connectivity index (χ1n) is 16.5. The van der Waals surface area contributed by atoms with Crippen LogP contribution in [0.3, 0.4) is 0 Å². The smallest absolute Gasteiger partial charge is 0.156 e. The van der Waals surface area contributed by atoms with Gasteiger partial charge in [0.05, 0.1) is 35.1 Å². The van der Waals surface area contributed by atoms with Gasteiger partial charge < -0.3 is 4.90 Å². The van der Waals surface area contributed by atoms with Crippen molar-refractivity contribution in [2.45, 2.75) is 41.5 Å². The number of anilines is 6. The highest BCUT2D eigenvalue weighted by atomic mass is 15.2. The van der Waals surface area contributed by atoms with Crippen molar-refractivity contribution in [1.29, 1.82) is 0 Å². The lowest BCUT2D eigenvalue weighted by molar-refractivity contribution is 1.13. The summed E-state index contributed by atoms with van der Waals surface area (Å²) < 4.78 is 0. The number of nitrogens with zero attached hydrogens (tertiary/aromatic N) is 4. The summed E-state index contributed by atoms with van der Waals surface area (Å²) in [7, 11) is 0. The number of benzene rings is 6. The zero-order valence-corrected chi connectivity index (χ0v) is 28.5. The fourth-order valence-electron chi connectivity index (χ4n) is 7.18. The van der Waals surface area contributed by atoms with Gasteiger partial charge in [-0.25, -0.2) is 4.98 Å². The maximum atomic E-state index is 5.17. The van der Waals surface area contributed by atoms with E-state index >= 15 is 0 Å². The van der Waals surface area contributed by atoms with Gasteiger partial charge in [0.15, 0.2) is 5.82 Å². The van der Waals surface area contributed by atoms with Crippen molar-refractivity contribution in [2.75, 3.05) is 9.80 Å². The zero-order valence-electron chi connectivity index (χ0n) is 28.5. The van der Waals surface area contributed by atoms with Crippen molar-refractivity contribution >= 4 is 45.0 Å². The lowest BCUT2D eigenvalue weighted by Gasteiger charge is -2.32. The second-order valence-corrected chi connectivity index (χ2v) is 12.8. The minimum absolute atomic E-state index is 0.757. The summed E-state index contributed by atoms with van der Waals surface area (Å²) >= 11 is 0. The zero-order chi connectivity index (χ0) is 33.4. The summed E-state index contributed by atoms with van der Waals surface area (Å²) in [4.78, 5) is 14.5. The standard InChI is InChI=1S/C44H40N4/c1-29-23-31(3)43(32(4)24-29)48(44-33(5)25-30(2)26-34(44)6)38-21-19-37(20-22-38)47(41-18-12-16-35-13-10-11-17-39(35)41)42-28-45-27-40(46-42)36-14-8-7-9-15-36/h7-28H,1-6H3. The van der Waals surface area contributed by atoms with Crippen LogP contribution in [0.25, 0.3) is 22.0 Å². The van der Waals surface area contributed by atoms with Crippen LogP contribution in [0.2, 0.25) is 0 Å². The number of hydrogen-bond donors (Lipinski definition) is 0. The number of aryl methyl sites for hydroxylation is 6. The Hall–Kier alpha value is -5.74. The fraction of sp³-hybridized carbons (Fsp3) is 0.136. The number of fused-ring (bicyclic) bond motifs is 1. The van der Waals surface area contributed by atoms with Gasteiger partial charge in [-0.15, -0.1) is 0 Å². The molecule has 4 nitrogen and oxygen atoms in total. The maximum absolute atomic E-state index is 5.17. The number of aromatic nitrogens is 2. The van der Waals surface area contributed by atoms with E-state index in [0.717, 1.165) is 39.5 Å². The van der Waals surface area contributed by atoms with Crippen molar-refractivity contribution in [3.8, 4) is 11.3 Å². The fourth-order valence-corrected chi connectivity index (χ4v) is 7.18. The SMILES string of the molecule is Cc1cc(C)c(N(c2ccc(N(c3cncc(-c4ccccc4)n3)c3cccc4ccccc34)cc2)c2c(C)cc(C)cc2C)c(C)c1. The van der Waals surface area contributed by atoms with E-state index in [1.54, 1.807) is 0 Å². The van der Waals surface area contributed by atoms with Crippen LogP contribution in [0, 0.1) is 41.5 Å². The van der Waals surface area contributed by atoms with E-state index in [-0.39, 0.29) is 0 Å². The molecule has 48 heavy (non-hydrogen) atoms. The van der Waals surface area contributed by atoms with Gasteiger partial charge in [0.25, 0.3) is 0 Å². The second-order valence-electron chi connectivity index (χ2n) is 12.8. The van der Waals surface area contributed by atoms with E-state index in [0.29, 0.717) is 0 Å². The third kappa shape index (κ3) is 5.82. The summed E-state index contributed by atoms with van der Waals surface area (Å²) in [5, 5.41) is 2.32. The molecule has 0 aliphatic heterocycles. The summed E-state index contributed by atoms with van der Waals surface area (Å²) in [6.45, 7) is 13.2. The molecule has 236 valence electrons. The molecule has 0 aliphatic carbocycles. The molecule has 7 rings (SSSR count). The van der Waals surface area contributed by atoms with Gasteiger partial charge in [-0.1, -0.05) is 102 Å². The highest BCUT2D eigenvalue weighted by Crippen LogP contribution is 2.44. The van der Waals surface area contributed by atoms with E-state index < -0.39 is 0 Å². The van der Waals surface area contributed by atoms with Crippen LogP contribution in [0.15, 0.2) is 134 Å². The molecular formula is C44H40N4. The summed E-state index contributed by atoms with van der Waals surface area (Å²) in [6.07, 6.45) is 3.69. The maximum Gasteiger partial charge on any atom is 0.156 e. The lowest BCUT2D eigenvalue weighted by atomic mass is 9.98. The van der Waals surface area contributed by atoms with E-state index in [1.807, 2.05) is 30.6 Å². The average Bonchev–Trinajstić information content (AvgIpc) is 3.08. The van der Waals surface area contributed by atoms with Gasteiger partial charge >= 0.3 is 0 Å². The molecule has 0 atom stereocenters. The average molecular weight is 625 g/mol. The molecular weight excluding hydrogens is 585 g/mol. The molecule has 0 amide bonds. The van der Waals surface area contributed by atoms with Crippen LogP contribution in [-0.2, 0) is 0 Å². The highest BCUT2D eigenvalue weighted by Gasteiger charge is 2.23. The molecule has 6 aromatic carbocycles. The summed E-state index contributed by atoms with van der Waals surface area (Å²) in [5.41, 5.74) is 15.0. The monoisotopic (exact) mass is 624 g/mol. The second kappa shape index (κ2) is 12.8. The molecule has 0 aliphatic rings. The van der Waals surface area contributed by atoms with Gasteiger partial charge in [-0.2, -0.15) is 0 Å². The third-order valence-electron chi connectivity index (χ3n) is 9.01. The Labute approximate surface area is 284 Å². The van der Waals surface area contributed by atoms with Crippen LogP contribution >= 0.6 is 0 Å². The van der Waals surface area contributed by atoms with E-state index in [2.05, 4.69) is 159 Å². The van der Waals surface area contributed by atoms with E-state index in [4.69, 9.17) is 4.98 Å². The van der Waals surface area contributed by atoms with E-state index in [1.165, 1.54) is 50.1 Å². The Balaban J connectivity index is 1.42. The Bertz CT molecular complexity index is 2150. The van der Waals surface area contributed by atoms with Gasteiger partial charge in [-0.05, 0) is 99.5 Å². The first-order valence-corrected chi connectivity index (χ1v) is 16.5. The molecule has 0 bridgehead atoms. The number of rotatable bonds is 7. The van der Waals surface area contributed by atoms with Crippen LogP contribution in [0.1, 0.15) is 33.4 Å². The van der Waals surface area contributed by atoms with Gasteiger partial charge in [0.1, 0.15) is 0 Å². The minimum Gasteiger partial charge on any atom is -0.309 e. The Morgan fingerprint density at radius 1 is 0.479 bits per heavy atom. The van der Waals surface area contributed by atoms with E-state index in [9.17, 15) is 0 Å². The molecule has 0 spiro atoms. The summed E-state index contributed by atoms with van der Waals surface area (Å²) in [5.74, 6) is 0.757. The molecule has 0 fully saturated rings. The largest absolute Gasteiger partial charge is 0.309 e. The van der Waals surface area contributed by atoms with Gasteiger partial charge in [0, 0.05) is 22.3 Å². The van der Waals surface area contributed by atoms with Crippen molar-refractivity contribution in [2.24, 2.45) is 0 Å². The predicted molar refractivity (Wildman–Crippen MR) is 203 cm³/mol. The molecule has 1 aromatic heterocycles. The quantitative estimate of drug-likeness (QED) is 0.177. The van der Waals surface area contributed by atoms with Crippen LogP contribution in [0.4, 0.5) is 34.3 Å². The Morgan fingerprint density at radius 3 is 1.60 bits per heavy atom. The number of hydrogen-bond acceptors (Lipinski definition) is 4. The molecule has 0 N–H and O–H groups in total. The molecule has 7 aromatic rings. The van der Waals surface area contributed by atoms with Gasteiger partial charge in [-0.3, -0.25) is 9.88 Å². The Kier molecular flexibility index (Phi) is 8.24. The summed E-state index contributed by atoms with van der Waals surface area (Å²) in [6, 6.07) is 43.2. The minimum atomic E-state index is 0.757. The lowest BCUT2D eigenvalue weighted by Crippen LogP contribution is -2.16. The van der Waals surface area contributed by atoms with Crippen molar-refractivity contribution in [1.82, 2.24) is 9.97 Å². The van der Waals surface area contributed by atoms with Gasteiger partial charge in [0.2, 0.25) is 0 Å². The molecule has 0 unspecified atom stereocenters. The third-order valence-corrected chi connectivity index (χ3v) is 9.01. The van der Waals surface area contributed by atoms with Crippen molar-refractivity contribution < 1.29 is 0 Å². The molecule has 0 saturated heterocycles. The first-order chi connectivity index (χ1) is 23.3. The normalized spacial score (nSPS) is 11.1. The van der Waals surface area contributed by atoms with Crippen molar-refractivity contribution in [3.05, 3.63) is 167 Å². The Morgan fingerprint density at radius 2 is 1.00 bits per heavy atom. The first kappa shape index (κ1) is 30.9. The molecule has 0 radical (unpaired) electrons. The van der Waals surface area contributed by atoms with Crippen LogP contribution < -0.4 is 9.80 Å². The van der Waals surface area contributed by atoms with Crippen LogP contribution in [0.5, 0.6) is 0 Å². The highest BCUT2D eigenvalue weighted by molar-refractivity contribution is 5.98. The molecule has 0 saturated carbocycles. The van der Waals surface area contributed by atoms with Crippen LogP contribution in [-0.4, -0.2) is 9.97 Å². The molecule has 1 heterocycles. The van der Waals surface area contributed by atoms with Crippen molar-refractivity contribution in [3.63, 3.8) is 0 Å². The molecule has 4 heteroatoms. The predicted octanol–water partition coefficient (Wildman–Crippen LogP) is 12.1. The topological polar surface area (TPSA) is 32.3 Å².